The van der Waals surface area contributed by atoms with Crippen LogP contribution in [-0.2, 0) is 11.2 Å². The number of hydrogen-bond donors (Lipinski definition) is 2. The topological polar surface area (TPSA) is 90.0 Å². The lowest BCUT2D eigenvalue weighted by atomic mass is 9.98. The summed E-state index contributed by atoms with van der Waals surface area (Å²) in [4.78, 5) is 28.9. The number of aromatic nitrogens is 2. The van der Waals surface area contributed by atoms with Gasteiger partial charge in [-0.25, -0.2) is 13.8 Å². The molecule has 3 N–H and O–H groups in total. The van der Waals surface area contributed by atoms with Gasteiger partial charge in [-0.2, -0.15) is 0 Å². The van der Waals surface area contributed by atoms with E-state index in [1.54, 1.807) is 28.8 Å². The molecular formula is C21H20F2N4O2S. The maximum atomic E-state index is 13.3. The summed E-state index contributed by atoms with van der Waals surface area (Å²) >= 11 is 1.34. The molecule has 1 unspecified atom stereocenters. The van der Waals surface area contributed by atoms with Crippen LogP contribution < -0.4 is 11.1 Å². The summed E-state index contributed by atoms with van der Waals surface area (Å²) in [6.07, 6.45) is 3.50. The highest BCUT2D eigenvalue weighted by Gasteiger charge is 2.21. The normalized spacial score (nSPS) is 11.8. The number of thioether (sulfide) groups is 1. The molecule has 30 heavy (non-hydrogen) atoms. The Kier molecular flexibility index (Phi) is 6.83. The molecule has 1 aromatic heterocycles. The molecule has 156 valence electrons. The van der Waals surface area contributed by atoms with E-state index in [1.807, 2.05) is 6.26 Å². The Morgan fingerprint density at radius 2 is 1.70 bits per heavy atom. The SMILES string of the molecule is CSc1ncc(C(=O)NCC(Cc2ccc(F)cc2)C(N)=O)n1-c1ccc(F)cc1. The number of nitrogens with one attached hydrogen (secondary N) is 1. The monoisotopic (exact) mass is 430 g/mol. The maximum Gasteiger partial charge on any atom is 0.269 e. The molecule has 0 aliphatic carbocycles. The van der Waals surface area contributed by atoms with Crippen molar-refractivity contribution in [3.05, 3.63) is 77.6 Å². The lowest BCUT2D eigenvalue weighted by Crippen LogP contribution is -2.37. The van der Waals surface area contributed by atoms with Crippen LogP contribution in [0.1, 0.15) is 16.1 Å². The van der Waals surface area contributed by atoms with Crippen molar-refractivity contribution in [3.8, 4) is 5.69 Å². The number of carbonyl (C=O) groups is 2. The van der Waals surface area contributed by atoms with Crippen LogP contribution >= 0.6 is 11.8 Å². The zero-order chi connectivity index (χ0) is 21.7. The molecule has 0 aliphatic heterocycles. The fourth-order valence-corrected chi connectivity index (χ4v) is 3.51. The molecule has 0 saturated heterocycles. The minimum atomic E-state index is -0.665. The molecular weight excluding hydrogens is 410 g/mol. The minimum absolute atomic E-state index is 0.00867. The van der Waals surface area contributed by atoms with Crippen molar-refractivity contribution >= 4 is 23.6 Å². The van der Waals surface area contributed by atoms with Crippen LogP contribution in [0.15, 0.2) is 59.9 Å². The van der Waals surface area contributed by atoms with E-state index in [4.69, 9.17) is 5.73 Å². The van der Waals surface area contributed by atoms with Crippen LogP contribution in [-0.4, -0.2) is 34.2 Å². The summed E-state index contributed by atoms with van der Waals surface area (Å²) in [5, 5.41) is 3.27. The Labute approximate surface area is 176 Å². The first kappa shape index (κ1) is 21.5. The van der Waals surface area contributed by atoms with E-state index in [0.29, 0.717) is 10.8 Å². The number of nitrogens with zero attached hydrogens (tertiary/aromatic N) is 2. The average Bonchev–Trinajstić information content (AvgIpc) is 3.17. The number of nitrogens with two attached hydrogens (primary N) is 1. The van der Waals surface area contributed by atoms with Gasteiger partial charge in [0.15, 0.2) is 5.16 Å². The maximum absolute atomic E-state index is 13.3. The lowest BCUT2D eigenvalue weighted by molar-refractivity contribution is -0.121. The molecule has 3 rings (SSSR count). The molecule has 1 heterocycles. The highest BCUT2D eigenvalue weighted by Crippen LogP contribution is 2.22. The van der Waals surface area contributed by atoms with Crippen molar-refractivity contribution in [2.45, 2.75) is 11.6 Å². The molecule has 0 radical (unpaired) electrons. The predicted molar refractivity (Wildman–Crippen MR) is 110 cm³/mol. The average molecular weight is 430 g/mol. The van der Waals surface area contributed by atoms with E-state index in [-0.39, 0.29) is 30.3 Å². The van der Waals surface area contributed by atoms with Crippen molar-refractivity contribution in [2.24, 2.45) is 11.7 Å². The molecule has 1 atom stereocenters. The van der Waals surface area contributed by atoms with E-state index >= 15 is 0 Å². The number of primary amides is 1. The summed E-state index contributed by atoms with van der Waals surface area (Å²) in [5.41, 5.74) is 7.04. The van der Waals surface area contributed by atoms with Gasteiger partial charge in [0.05, 0.1) is 12.1 Å². The van der Waals surface area contributed by atoms with Gasteiger partial charge < -0.3 is 11.1 Å². The number of benzene rings is 2. The van der Waals surface area contributed by atoms with Gasteiger partial charge in [-0.1, -0.05) is 23.9 Å². The zero-order valence-electron chi connectivity index (χ0n) is 16.1. The molecule has 0 saturated carbocycles. The van der Waals surface area contributed by atoms with Gasteiger partial charge in [0.2, 0.25) is 5.91 Å². The predicted octanol–water partition coefficient (Wildman–Crippen LogP) is 2.95. The molecule has 3 aromatic rings. The van der Waals surface area contributed by atoms with E-state index in [0.717, 1.165) is 5.56 Å². The number of rotatable bonds is 8. The molecule has 0 spiro atoms. The quantitative estimate of drug-likeness (QED) is 0.538. The molecule has 6 nitrogen and oxygen atoms in total. The van der Waals surface area contributed by atoms with Crippen molar-refractivity contribution in [1.29, 1.82) is 0 Å². The smallest absolute Gasteiger partial charge is 0.269 e. The lowest BCUT2D eigenvalue weighted by Gasteiger charge is -2.16. The summed E-state index contributed by atoms with van der Waals surface area (Å²) < 4.78 is 28.0. The van der Waals surface area contributed by atoms with Crippen molar-refractivity contribution in [2.75, 3.05) is 12.8 Å². The summed E-state index contributed by atoms with van der Waals surface area (Å²) in [6.45, 7) is 0.00867. The van der Waals surface area contributed by atoms with Crippen LogP contribution in [0.25, 0.3) is 5.69 Å². The first-order chi connectivity index (χ1) is 14.4. The van der Waals surface area contributed by atoms with Crippen LogP contribution in [0.3, 0.4) is 0 Å². The second-order valence-electron chi connectivity index (χ2n) is 6.58. The van der Waals surface area contributed by atoms with Crippen LogP contribution in [0.2, 0.25) is 0 Å². The Morgan fingerprint density at radius 3 is 2.27 bits per heavy atom. The molecule has 9 heteroatoms. The number of hydrogen-bond acceptors (Lipinski definition) is 4. The summed E-state index contributed by atoms with van der Waals surface area (Å²) in [7, 11) is 0. The molecule has 2 amide bonds. The van der Waals surface area contributed by atoms with E-state index < -0.39 is 17.7 Å². The fourth-order valence-electron chi connectivity index (χ4n) is 2.96. The highest BCUT2D eigenvalue weighted by atomic mass is 32.2. The first-order valence-electron chi connectivity index (χ1n) is 9.08. The number of carbonyl (C=O) groups excluding carboxylic acids is 2. The van der Waals surface area contributed by atoms with Crippen LogP contribution in [0.5, 0.6) is 0 Å². The molecule has 0 aliphatic rings. The number of halogens is 2. The van der Waals surface area contributed by atoms with Gasteiger partial charge in [0.1, 0.15) is 17.3 Å². The first-order valence-corrected chi connectivity index (χ1v) is 10.3. The Morgan fingerprint density at radius 1 is 1.10 bits per heavy atom. The number of amides is 2. The third-order valence-electron chi connectivity index (χ3n) is 4.54. The second-order valence-corrected chi connectivity index (χ2v) is 7.36. The third kappa shape index (κ3) is 5.04. The van der Waals surface area contributed by atoms with Gasteiger partial charge in [-0.3, -0.25) is 14.2 Å². The van der Waals surface area contributed by atoms with E-state index in [2.05, 4.69) is 10.3 Å². The zero-order valence-corrected chi connectivity index (χ0v) is 17.0. The molecule has 0 fully saturated rings. The summed E-state index contributed by atoms with van der Waals surface area (Å²) in [6, 6.07) is 11.4. The van der Waals surface area contributed by atoms with Gasteiger partial charge in [0.25, 0.3) is 5.91 Å². The van der Waals surface area contributed by atoms with Crippen molar-refractivity contribution in [1.82, 2.24) is 14.9 Å². The molecule has 0 bridgehead atoms. The van der Waals surface area contributed by atoms with Crippen molar-refractivity contribution in [3.63, 3.8) is 0 Å². The summed E-state index contributed by atoms with van der Waals surface area (Å²) in [5.74, 6) is -2.45. The minimum Gasteiger partial charge on any atom is -0.369 e. The van der Waals surface area contributed by atoms with Gasteiger partial charge in [-0.15, -0.1) is 0 Å². The van der Waals surface area contributed by atoms with Crippen LogP contribution in [0, 0.1) is 17.6 Å². The largest absolute Gasteiger partial charge is 0.369 e. The number of imidazole rings is 1. The highest BCUT2D eigenvalue weighted by molar-refractivity contribution is 7.98. The van der Waals surface area contributed by atoms with Gasteiger partial charge in [0, 0.05) is 12.2 Å². The van der Waals surface area contributed by atoms with Gasteiger partial charge >= 0.3 is 0 Å². The molecule has 2 aromatic carbocycles. The van der Waals surface area contributed by atoms with E-state index in [1.165, 1.54) is 42.2 Å². The second kappa shape index (κ2) is 9.53. The third-order valence-corrected chi connectivity index (χ3v) is 5.19. The Hall–Kier alpha value is -3.20. The van der Waals surface area contributed by atoms with Crippen molar-refractivity contribution < 1.29 is 18.4 Å². The van der Waals surface area contributed by atoms with E-state index in [9.17, 15) is 18.4 Å². The Balaban J connectivity index is 1.76. The van der Waals surface area contributed by atoms with Crippen LogP contribution in [0.4, 0.5) is 8.78 Å². The Bertz CT molecular complexity index is 1040. The fraction of sp³-hybridized carbons (Fsp3) is 0.190. The van der Waals surface area contributed by atoms with Gasteiger partial charge in [-0.05, 0) is 54.6 Å². The standard InChI is InChI=1S/C21H20F2N4O2S/c1-30-21-26-12-18(27(21)17-8-6-16(23)7-9-17)20(29)25-11-14(19(24)28)10-13-2-4-15(22)5-3-13/h2-9,12,14H,10-11H2,1H3,(H2,24,28)(H,25,29).